The number of alkyl halides is 3. The molecule has 2 saturated heterocycles. The maximum atomic E-state index is 14.6. The molecule has 62 heavy (non-hydrogen) atoms. The number of likely N-dealkylation sites (tertiary alicyclic amines) is 1. The van der Waals surface area contributed by atoms with Crippen LogP contribution in [0.4, 0.5) is 29.5 Å². The van der Waals surface area contributed by atoms with Crippen LogP contribution in [0.3, 0.4) is 0 Å². The Labute approximate surface area is 360 Å². The number of methoxy groups -OCH3 is 1. The molecule has 4 amide bonds. The first kappa shape index (κ1) is 43.7. The average Bonchev–Trinajstić information content (AvgIpc) is 4.06. The number of anilines is 2. The molecular formula is C43H46ClF3N10O5. The molecule has 5 heterocycles. The number of nitrogens with one attached hydrogen (secondary N) is 4. The van der Waals surface area contributed by atoms with E-state index in [1.807, 2.05) is 32.6 Å². The van der Waals surface area contributed by atoms with Crippen molar-refractivity contribution in [1.29, 1.82) is 0 Å². The molecule has 2 aliphatic heterocycles. The Morgan fingerprint density at radius 3 is 2.34 bits per heavy atom. The van der Waals surface area contributed by atoms with E-state index < -0.39 is 29.8 Å². The van der Waals surface area contributed by atoms with Crippen LogP contribution >= 0.6 is 11.6 Å². The number of rotatable bonds is 10. The van der Waals surface area contributed by atoms with Gasteiger partial charge in [0.2, 0.25) is 5.91 Å². The van der Waals surface area contributed by atoms with Gasteiger partial charge in [0.05, 0.1) is 47.0 Å². The first-order valence-corrected chi connectivity index (χ1v) is 20.5. The van der Waals surface area contributed by atoms with Crippen molar-refractivity contribution in [2.24, 2.45) is 5.92 Å². The number of hydrogen-bond donors (Lipinski definition) is 4. The molecule has 7 rings (SSSR count). The van der Waals surface area contributed by atoms with E-state index in [-0.39, 0.29) is 63.3 Å². The number of aromatic amines is 2. The van der Waals surface area contributed by atoms with Crippen LogP contribution in [0.15, 0.2) is 73.4 Å². The number of amides is 4. The Bertz CT molecular complexity index is 2430. The molecule has 326 valence electrons. The fourth-order valence-corrected chi connectivity index (χ4v) is 8.16. The first-order valence-electron chi connectivity index (χ1n) is 20.1. The summed E-state index contributed by atoms with van der Waals surface area (Å²) in [6.45, 7) is 8.93. The third-order valence-electron chi connectivity index (χ3n) is 11.3. The van der Waals surface area contributed by atoms with Gasteiger partial charge in [-0.05, 0) is 68.0 Å². The molecule has 4 N–H and O–H groups in total. The molecule has 0 bridgehead atoms. The number of imidazole rings is 2. The van der Waals surface area contributed by atoms with E-state index in [1.54, 1.807) is 40.4 Å². The van der Waals surface area contributed by atoms with Crippen molar-refractivity contribution in [3.8, 4) is 22.4 Å². The van der Waals surface area contributed by atoms with Crippen LogP contribution < -0.4 is 15.5 Å². The minimum absolute atomic E-state index is 0.103. The molecule has 5 aromatic rings. The number of nitrogens with zero attached hydrogens (tertiary/aromatic N) is 6. The number of aromatic nitrogens is 5. The van der Waals surface area contributed by atoms with Gasteiger partial charge >= 0.3 is 12.3 Å². The second-order valence-electron chi connectivity index (χ2n) is 15.8. The van der Waals surface area contributed by atoms with Gasteiger partial charge in [0.1, 0.15) is 23.4 Å². The molecule has 19 heteroatoms. The predicted octanol–water partition coefficient (Wildman–Crippen LogP) is 7.57. The number of hydrogen-bond acceptors (Lipinski definition) is 9. The molecule has 15 nitrogen and oxygen atoms in total. The quantitative estimate of drug-likeness (QED) is 0.110. The highest BCUT2D eigenvalue weighted by Crippen LogP contribution is 2.42. The largest absolute Gasteiger partial charge is 0.453 e. The number of piperazine rings is 1. The lowest BCUT2D eigenvalue weighted by Gasteiger charge is -2.44. The SMILES string of the molecule is COC(=O)N[C@H](C(=O)N1CCC[C@H]1c1nc(-c2ccc(-c3cc(Cl)c(NC(=O)c4ccc(N5C[C@H](C)N(C(=O)c6c[nH]cn6)C[C@H]5C)nc4)cc3C(F)(F)F)cc2)c[nH]1)C(C)C. The molecule has 4 atom stereocenters. The molecule has 0 unspecified atom stereocenters. The number of carbonyl (C=O) groups excluding carboxylic acids is 4. The molecule has 0 saturated carbocycles. The third kappa shape index (κ3) is 9.10. The molecule has 2 fully saturated rings. The van der Waals surface area contributed by atoms with Crippen LogP contribution in [0.2, 0.25) is 5.02 Å². The summed E-state index contributed by atoms with van der Waals surface area (Å²) in [6.07, 6.45) is 1.91. The second kappa shape index (κ2) is 17.9. The van der Waals surface area contributed by atoms with Gasteiger partial charge in [0.25, 0.3) is 11.8 Å². The van der Waals surface area contributed by atoms with Crippen LogP contribution in [0.5, 0.6) is 0 Å². The van der Waals surface area contributed by atoms with Gasteiger partial charge in [-0.3, -0.25) is 14.4 Å². The molecule has 3 aromatic heterocycles. The van der Waals surface area contributed by atoms with Crippen molar-refractivity contribution in [2.45, 2.75) is 70.9 Å². The Morgan fingerprint density at radius 1 is 0.952 bits per heavy atom. The summed E-state index contributed by atoms with van der Waals surface area (Å²) in [5.74, 6) is -0.203. The first-order chi connectivity index (χ1) is 29.5. The third-order valence-corrected chi connectivity index (χ3v) is 11.6. The van der Waals surface area contributed by atoms with Gasteiger partial charge < -0.3 is 40.0 Å². The highest BCUT2D eigenvalue weighted by molar-refractivity contribution is 6.34. The van der Waals surface area contributed by atoms with Crippen molar-refractivity contribution in [2.75, 3.05) is 37.0 Å². The van der Waals surface area contributed by atoms with Crippen molar-refractivity contribution >= 4 is 46.9 Å². The standard InChI is InChI=1S/C43H46ClF3N10O5/c1-23(2)37(54-42(61)62-5)41(60)55-14-6-7-35(55)38-50-19-33(52-38)27-10-8-26(9-11-27)29-15-31(44)32(16-30(29)43(45,46)47)53-39(58)28-12-13-36(49-17-28)56-20-25(4)57(21-24(56)3)40(59)34-18-48-22-51-34/h8-13,15-19,22-25,35,37H,6-7,14,20-21H2,1-5H3,(H,48,51)(H,50,52)(H,53,58)(H,54,61)/t24-,25+,35+,37+/m1/s1. The van der Waals surface area contributed by atoms with Gasteiger partial charge in [0, 0.05) is 55.9 Å². The van der Waals surface area contributed by atoms with Crippen molar-refractivity contribution in [1.82, 2.24) is 40.0 Å². The summed E-state index contributed by atoms with van der Waals surface area (Å²) in [7, 11) is 1.23. The van der Waals surface area contributed by atoms with E-state index in [2.05, 4.69) is 30.6 Å². The summed E-state index contributed by atoms with van der Waals surface area (Å²) in [4.78, 5) is 76.5. The smallest absolute Gasteiger partial charge is 0.417 e. The highest BCUT2D eigenvalue weighted by atomic mass is 35.5. The van der Waals surface area contributed by atoms with Crippen molar-refractivity contribution < 1.29 is 37.1 Å². The van der Waals surface area contributed by atoms with Crippen LogP contribution in [0, 0.1) is 5.92 Å². The minimum Gasteiger partial charge on any atom is -0.453 e. The van der Waals surface area contributed by atoms with Gasteiger partial charge in [-0.25, -0.2) is 19.7 Å². The lowest BCUT2D eigenvalue weighted by molar-refractivity contribution is -0.137. The zero-order chi connectivity index (χ0) is 44.5. The number of alkyl carbamates (subject to hydrolysis) is 1. The number of halogens is 4. The van der Waals surface area contributed by atoms with Crippen LogP contribution in [0.1, 0.15) is 78.8 Å². The summed E-state index contributed by atoms with van der Waals surface area (Å²) in [5.41, 5.74) is 0.407. The maximum absolute atomic E-state index is 14.6. The Hall–Kier alpha value is -6.43. The van der Waals surface area contributed by atoms with E-state index in [4.69, 9.17) is 21.3 Å². The van der Waals surface area contributed by atoms with E-state index in [9.17, 15) is 32.3 Å². The van der Waals surface area contributed by atoms with E-state index >= 15 is 0 Å². The van der Waals surface area contributed by atoms with Gasteiger partial charge in [0.15, 0.2) is 0 Å². The lowest BCUT2D eigenvalue weighted by atomic mass is 9.97. The zero-order valence-corrected chi connectivity index (χ0v) is 35.3. The highest BCUT2D eigenvalue weighted by Gasteiger charge is 2.39. The molecule has 0 aliphatic carbocycles. The number of H-pyrrole nitrogens is 2. The predicted molar refractivity (Wildman–Crippen MR) is 225 cm³/mol. The maximum Gasteiger partial charge on any atom is 0.417 e. The topological polar surface area (TPSA) is 182 Å². The Balaban J connectivity index is 1.03. The van der Waals surface area contributed by atoms with Crippen LogP contribution in [-0.2, 0) is 15.7 Å². The average molecular weight is 875 g/mol. The minimum atomic E-state index is -4.80. The summed E-state index contributed by atoms with van der Waals surface area (Å²) in [5, 5.41) is 5.04. The molecule has 2 aromatic carbocycles. The number of ether oxygens (including phenoxy) is 1. The Kier molecular flexibility index (Phi) is 12.6. The zero-order valence-electron chi connectivity index (χ0n) is 34.6. The van der Waals surface area contributed by atoms with Gasteiger partial charge in [-0.15, -0.1) is 0 Å². The van der Waals surface area contributed by atoms with Crippen molar-refractivity contribution in [3.63, 3.8) is 0 Å². The van der Waals surface area contributed by atoms with Gasteiger partial charge in [-0.2, -0.15) is 13.2 Å². The summed E-state index contributed by atoms with van der Waals surface area (Å²) in [6, 6.07) is 10.1. The van der Waals surface area contributed by atoms with Gasteiger partial charge in [-0.1, -0.05) is 49.7 Å². The molecule has 0 spiro atoms. The Morgan fingerprint density at radius 2 is 1.69 bits per heavy atom. The van der Waals surface area contributed by atoms with Crippen molar-refractivity contribution in [3.05, 3.63) is 101 Å². The van der Waals surface area contributed by atoms with Crippen LogP contribution in [0.25, 0.3) is 22.4 Å². The fraction of sp³-hybridized carbons (Fsp3) is 0.372. The van der Waals surface area contributed by atoms with E-state index in [0.717, 1.165) is 12.5 Å². The second-order valence-corrected chi connectivity index (χ2v) is 16.2. The normalized spacial score (nSPS) is 18.5. The number of pyridine rings is 1. The summed E-state index contributed by atoms with van der Waals surface area (Å²) >= 11 is 6.54. The molecular weight excluding hydrogens is 829 g/mol. The summed E-state index contributed by atoms with van der Waals surface area (Å²) < 4.78 is 48.6. The molecule has 2 aliphatic rings. The monoisotopic (exact) mass is 874 g/mol. The van der Waals surface area contributed by atoms with E-state index in [0.29, 0.717) is 54.6 Å². The lowest BCUT2D eigenvalue weighted by Crippen LogP contribution is -2.58. The number of carbonyl (C=O) groups is 4. The van der Waals surface area contributed by atoms with E-state index in [1.165, 1.54) is 43.9 Å². The van der Waals surface area contributed by atoms with Crippen LogP contribution in [-0.4, -0.2) is 103 Å². The molecule has 0 radical (unpaired) electrons. The fourth-order valence-electron chi connectivity index (χ4n) is 7.95. The number of benzene rings is 2.